The number of ether oxygens (including phenoxy) is 3. The van der Waals surface area contributed by atoms with Gasteiger partial charge in [-0.3, -0.25) is 0 Å². The van der Waals surface area contributed by atoms with Crippen LogP contribution in [0.5, 0.6) is 17.2 Å². The summed E-state index contributed by atoms with van der Waals surface area (Å²) in [5, 5.41) is 5.69. The predicted octanol–water partition coefficient (Wildman–Crippen LogP) is 4.20. The summed E-state index contributed by atoms with van der Waals surface area (Å²) >= 11 is 0. The van der Waals surface area contributed by atoms with Crippen LogP contribution < -0.4 is 24.8 Å². The summed E-state index contributed by atoms with van der Waals surface area (Å²) in [6.45, 7) is 4.73. The monoisotopic (exact) mass is 372 g/mol. The van der Waals surface area contributed by atoms with Gasteiger partial charge in [-0.05, 0) is 41.7 Å². The molecule has 2 N–H and O–H groups in total. The Bertz CT molecular complexity index is 758. The molecule has 0 radical (unpaired) electrons. The summed E-state index contributed by atoms with van der Waals surface area (Å²) in [4.78, 5) is 12.1. The van der Waals surface area contributed by atoms with E-state index in [1.807, 2.05) is 30.3 Å². The zero-order chi connectivity index (χ0) is 19.8. The van der Waals surface area contributed by atoms with Gasteiger partial charge in [-0.15, -0.1) is 0 Å². The molecule has 0 heterocycles. The van der Waals surface area contributed by atoms with E-state index in [1.54, 1.807) is 27.4 Å². The van der Waals surface area contributed by atoms with Gasteiger partial charge in [0.15, 0.2) is 11.5 Å². The normalized spacial score (nSPS) is 10.4. The van der Waals surface area contributed by atoms with E-state index >= 15 is 0 Å². The molecule has 0 saturated carbocycles. The lowest BCUT2D eigenvalue weighted by molar-refractivity contribution is 0.252. The Labute approximate surface area is 160 Å². The minimum absolute atomic E-state index is 0.244. The molecule has 0 unspecified atom stereocenters. The fourth-order valence-corrected chi connectivity index (χ4v) is 2.73. The van der Waals surface area contributed by atoms with Crippen molar-refractivity contribution in [3.05, 3.63) is 47.5 Å². The van der Waals surface area contributed by atoms with Crippen molar-refractivity contribution >= 4 is 11.7 Å². The summed E-state index contributed by atoms with van der Waals surface area (Å²) in [5.74, 6) is 2.39. The molecule has 6 heteroatoms. The van der Waals surface area contributed by atoms with Crippen molar-refractivity contribution < 1.29 is 19.0 Å². The van der Waals surface area contributed by atoms with Gasteiger partial charge in [0, 0.05) is 18.3 Å². The third kappa shape index (κ3) is 5.54. The highest BCUT2D eigenvalue weighted by atomic mass is 16.5. The number of hydrogen-bond donors (Lipinski definition) is 2. The SMILES string of the molecule is COc1cc(OC)c(OC)cc1CCNC(=O)Nc1ccc(C(C)C)cc1. The first-order valence-corrected chi connectivity index (χ1v) is 8.92. The minimum atomic E-state index is -0.244. The molecule has 0 bridgehead atoms. The molecule has 0 aliphatic heterocycles. The molecule has 0 aliphatic carbocycles. The first kappa shape index (κ1) is 20.4. The Morgan fingerprint density at radius 2 is 1.52 bits per heavy atom. The maximum atomic E-state index is 12.1. The molecule has 2 aromatic rings. The standard InChI is InChI=1S/C21H28N2O4/c1-14(2)15-6-8-17(9-7-15)23-21(24)22-11-10-16-12-19(26-4)20(27-5)13-18(16)25-3/h6-9,12-14H,10-11H2,1-5H3,(H2,22,23,24). The molecule has 2 amide bonds. The summed E-state index contributed by atoms with van der Waals surface area (Å²) in [7, 11) is 4.77. The third-order valence-corrected chi connectivity index (χ3v) is 4.30. The Hall–Kier alpha value is -2.89. The molecule has 0 spiro atoms. The van der Waals surface area contributed by atoms with E-state index < -0.39 is 0 Å². The molecule has 27 heavy (non-hydrogen) atoms. The number of carbonyl (C=O) groups is 1. The van der Waals surface area contributed by atoms with E-state index in [-0.39, 0.29) is 6.03 Å². The molecule has 6 nitrogen and oxygen atoms in total. The molecular weight excluding hydrogens is 344 g/mol. The Morgan fingerprint density at radius 3 is 2.07 bits per heavy atom. The van der Waals surface area contributed by atoms with E-state index in [9.17, 15) is 4.79 Å². The van der Waals surface area contributed by atoms with Crippen LogP contribution in [0.25, 0.3) is 0 Å². The number of methoxy groups -OCH3 is 3. The molecule has 0 atom stereocenters. The van der Waals surface area contributed by atoms with E-state index in [1.165, 1.54) is 5.56 Å². The van der Waals surface area contributed by atoms with Crippen LogP contribution in [0.3, 0.4) is 0 Å². The number of amides is 2. The summed E-state index contributed by atoms with van der Waals surface area (Å²) in [5.41, 5.74) is 2.93. The van der Waals surface area contributed by atoms with E-state index in [2.05, 4.69) is 24.5 Å². The Morgan fingerprint density at radius 1 is 0.926 bits per heavy atom. The maximum absolute atomic E-state index is 12.1. The van der Waals surface area contributed by atoms with Gasteiger partial charge < -0.3 is 24.8 Å². The summed E-state index contributed by atoms with van der Waals surface area (Å²) < 4.78 is 16.0. The van der Waals surface area contributed by atoms with Gasteiger partial charge in [0.05, 0.1) is 21.3 Å². The Balaban J connectivity index is 1.92. The van der Waals surface area contributed by atoms with Crippen LogP contribution in [0.15, 0.2) is 36.4 Å². The van der Waals surface area contributed by atoms with Gasteiger partial charge in [-0.25, -0.2) is 4.79 Å². The summed E-state index contributed by atoms with van der Waals surface area (Å²) in [6, 6.07) is 11.3. The van der Waals surface area contributed by atoms with Crippen molar-refractivity contribution in [3.63, 3.8) is 0 Å². The number of carbonyl (C=O) groups excluding carboxylic acids is 1. The number of rotatable bonds is 8. The second-order valence-corrected chi connectivity index (χ2v) is 6.43. The second kappa shape index (κ2) is 9.71. The fourth-order valence-electron chi connectivity index (χ4n) is 2.73. The average molecular weight is 372 g/mol. The topological polar surface area (TPSA) is 68.8 Å². The molecule has 2 rings (SSSR count). The Kier molecular flexibility index (Phi) is 7.34. The van der Waals surface area contributed by atoms with Crippen LogP contribution in [0.2, 0.25) is 0 Å². The van der Waals surface area contributed by atoms with Crippen LogP contribution in [-0.2, 0) is 6.42 Å². The number of nitrogens with one attached hydrogen (secondary N) is 2. The highest BCUT2D eigenvalue weighted by Gasteiger charge is 2.12. The molecule has 0 saturated heterocycles. The lowest BCUT2D eigenvalue weighted by Crippen LogP contribution is -2.30. The van der Waals surface area contributed by atoms with Gasteiger partial charge in [-0.1, -0.05) is 26.0 Å². The van der Waals surface area contributed by atoms with Crippen LogP contribution in [0.4, 0.5) is 10.5 Å². The smallest absolute Gasteiger partial charge is 0.319 e. The van der Waals surface area contributed by atoms with E-state index in [0.29, 0.717) is 36.1 Å². The van der Waals surface area contributed by atoms with E-state index in [4.69, 9.17) is 14.2 Å². The molecule has 0 fully saturated rings. The number of hydrogen-bond acceptors (Lipinski definition) is 4. The van der Waals surface area contributed by atoms with Crippen molar-refractivity contribution in [2.24, 2.45) is 0 Å². The van der Waals surface area contributed by atoms with Crippen molar-refractivity contribution in [2.45, 2.75) is 26.2 Å². The van der Waals surface area contributed by atoms with Crippen molar-refractivity contribution in [1.29, 1.82) is 0 Å². The molecular formula is C21H28N2O4. The second-order valence-electron chi connectivity index (χ2n) is 6.43. The van der Waals surface area contributed by atoms with Crippen molar-refractivity contribution in [1.82, 2.24) is 5.32 Å². The van der Waals surface area contributed by atoms with Gasteiger partial charge >= 0.3 is 6.03 Å². The zero-order valence-corrected chi connectivity index (χ0v) is 16.6. The number of benzene rings is 2. The van der Waals surface area contributed by atoms with Crippen molar-refractivity contribution in [3.8, 4) is 17.2 Å². The third-order valence-electron chi connectivity index (χ3n) is 4.30. The minimum Gasteiger partial charge on any atom is -0.496 e. The molecule has 2 aromatic carbocycles. The zero-order valence-electron chi connectivity index (χ0n) is 16.6. The van der Waals surface area contributed by atoms with Crippen molar-refractivity contribution in [2.75, 3.05) is 33.2 Å². The van der Waals surface area contributed by atoms with Crippen LogP contribution in [0.1, 0.15) is 30.9 Å². The fraction of sp³-hybridized carbons (Fsp3) is 0.381. The molecule has 0 aliphatic rings. The summed E-state index contributed by atoms with van der Waals surface area (Å²) in [6.07, 6.45) is 0.600. The van der Waals surface area contributed by atoms with Gasteiger partial charge in [0.1, 0.15) is 5.75 Å². The molecule has 146 valence electrons. The quantitative estimate of drug-likeness (QED) is 0.729. The first-order chi connectivity index (χ1) is 13.0. The maximum Gasteiger partial charge on any atom is 0.319 e. The van der Waals surface area contributed by atoms with Crippen LogP contribution in [0, 0.1) is 0 Å². The number of anilines is 1. The van der Waals surface area contributed by atoms with Crippen LogP contribution in [-0.4, -0.2) is 33.9 Å². The molecule has 0 aromatic heterocycles. The van der Waals surface area contributed by atoms with Gasteiger partial charge in [0.25, 0.3) is 0 Å². The lowest BCUT2D eigenvalue weighted by Gasteiger charge is -2.14. The highest BCUT2D eigenvalue weighted by Crippen LogP contribution is 2.34. The van der Waals surface area contributed by atoms with E-state index in [0.717, 1.165) is 11.3 Å². The largest absolute Gasteiger partial charge is 0.496 e. The first-order valence-electron chi connectivity index (χ1n) is 8.92. The van der Waals surface area contributed by atoms with Crippen LogP contribution >= 0.6 is 0 Å². The number of urea groups is 1. The predicted molar refractivity (Wildman–Crippen MR) is 107 cm³/mol. The van der Waals surface area contributed by atoms with Gasteiger partial charge in [-0.2, -0.15) is 0 Å². The van der Waals surface area contributed by atoms with Gasteiger partial charge in [0.2, 0.25) is 0 Å². The average Bonchev–Trinajstić information content (AvgIpc) is 2.67. The highest BCUT2D eigenvalue weighted by molar-refractivity contribution is 5.89. The lowest BCUT2D eigenvalue weighted by atomic mass is 10.0.